The zero-order valence-electron chi connectivity index (χ0n) is 9.84. The summed E-state index contributed by atoms with van der Waals surface area (Å²) in [5, 5.41) is 0. The highest BCUT2D eigenvalue weighted by Gasteiger charge is 2.06. The lowest BCUT2D eigenvalue weighted by Gasteiger charge is -1.97. The van der Waals surface area contributed by atoms with Crippen LogP contribution in [-0.2, 0) is 0 Å². The number of imidazole rings is 1. The molecule has 3 aromatic rings. The molecule has 3 rings (SSSR count). The Hall–Kier alpha value is -2.49. The van der Waals surface area contributed by atoms with Gasteiger partial charge < -0.3 is 4.98 Å². The number of nitrogens with zero attached hydrogens (tertiary/aromatic N) is 2. The fourth-order valence-corrected chi connectivity index (χ4v) is 1.82. The van der Waals surface area contributed by atoms with E-state index in [-0.39, 0.29) is 5.78 Å². The van der Waals surface area contributed by atoms with Crippen LogP contribution < -0.4 is 0 Å². The number of H-pyrrole nitrogens is 1. The van der Waals surface area contributed by atoms with E-state index in [1.807, 2.05) is 24.3 Å². The second kappa shape index (κ2) is 4.07. The van der Waals surface area contributed by atoms with Gasteiger partial charge in [0.05, 0.1) is 11.0 Å². The highest BCUT2D eigenvalue weighted by Crippen LogP contribution is 2.18. The van der Waals surface area contributed by atoms with Crippen molar-refractivity contribution in [2.45, 2.75) is 6.92 Å². The molecule has 0 unspecified atom stereocenters. The average molecular weight is 237 g/mol. The van der Waals surface area contributed by atoms with Gasteiger partial charge >= 0.3 is 0 Å². The number of fused-ring (bicyclic) bond motifs is 1. The van der Waals surface area contributed by atoms with Gasteiger partial charge in [-0.05, 0) is 31.2 Å². The van der Waals surface area contributed by atoms with Crippen LogP contribution >= 0.6 is 0 Å². The summed E-state index contributed by atoms with van der Waals surface area (Å²) < 4.78 is 0. The molecule has 2 heterocycles. The molecule has 2 aromatic heterocycles. The molecule has 0 aliphatic carbocycles. The predicted molar refractivity (Wildman–Crippen MR) is 69.3 cm³/mol. The van der Waals surface area contributed by atoms with Crippen LogP contribution in [0.1, 0.15) is 17.3 Å². The lowest BCUT2D eigenvalue weighted by atomic mass is 10.2. The number of para-hydroxylation sites is 2. The normalized spacial score (nSPS) is 10.7. The Morgan fingerprint density at radius 2 is 2.00 bits per heavy atom. The summed E-state index contributed by atoms with van der Waals surface area (Å²) >= 11 is 0. The van der Waals surface area contributed by atoms with Crippen molar-refractivity contribution >= 4 is 16.8 Å². The Bertz CT molecular complexity index is 680. The van der Waals surface area contributed by atoms with Crippen LogP contribution in [0.5, 0.6) is 0 Å². The number of aromatic nitrogens is 3. The number of hydrogen-bond acceptors (Lipinski definition) is 3. The molecule has 0 saturated carbocycles. The molecule has 88 valence electrons. The van der Waals surface area contributed by atoms with Crippen LogP contribution in [0.2, 0.25) is 0 Å². The van der Waals surface area contributed by atoms with Gasteiger partial charge in [0.25, 0.3) is 0 Å². The van der Waals surface area contributed by atoms with Gasteiger partial charge in [0, 0.05) is 11.8 Å². The summed E-state index contributed by atoms with van der Waals surface area (Å²) in [4.78, 5) is 23.1. The molecule has 0 radical (unpaired) electrons. The van der Waals surface area contributed by atoms with Gasteiger partial charge in [-0.2, -0.15) is 0 Å². The Morgan fingerprint density at radius 3 is 2.67 bits per heavy atom. The third kappa shape index (κ3) is 1.78. The fraction of sp³-hybridized carbons (Fsp3) is 0.0714. The largest absolute Gasteiger partial charge is 0.337 e. The Kier molecular flexibility index (Phi) is 2.41. The van der Waals surface area contributed by atoms with Gasteiger partial charge in [-0.25, -0.2) is 4.98 Å². The average Bonchev–Trinajstić information content (AvgIpc) is 2.82. The first-order valence-electron chi connectivity index (χ1n) is 5.66. The monoisotopic (exact) mass is 237 g/mol. The molecule has 1 N–H and O–H groups in total. The first kappa shape index (κ1) is 10.7. The van der Waals surface area contributed by atoms with E-state index in [9.17, 15) is 4.79 Å². The van der Waals surface area contributed by atoms with Gasteiger partial charge in [-0.1, -0.05) is 12.1 Å². The van der Waals surface area contributed by atoms with Crippen LogP contribution in [0.3, 0.4) is 0 Å². The van der Waals surface area contributed by atoms with E-state index in [1.54, 1.807) is 18.3 Å². The number of benzene rings is 1. The number of Topliss-reactive ketones (excluding diaryl/α,β-unsaturated/α-hetero) is 1. The van der Waals surface area contributed by atoms with E-state index >= 15 is 0 Å². The maximum atomic E-state index is 11.2. The number of aromatic amines is 1. The van der Waals surface area contributed by atoms with Crippen molar-refractivity contribution in [2.75, 3.05) is 0 Å². The topological polar surface area (TPSA) is 58.6 Å². The number of carbonyl (C=O) groups is 1. The van der Waals surface area contributed by atoms with Crippen molar-refractivity contribution in [1.82, 2.24) is 15.0 Å². The Morgan fingerprint density at radius 1 is 1.17 bits per heavy atom. The van der Waals surface area contributed by atoms with Gasteiger partial charge in [0.2, 0.25) is 0 Å². The van der Waals surface area contributed by atoms with Crippen LogP contribution in [-0.4, -0.2) is 20.7 Å². The second-order valence-electron chi connectivity index (χ2n) is 4.09. The van der Waals surface area contributed by atoms with Crippen molar-refractivity contribution in [3.63, 3.8) is 0 Å². The zero-order chi connectivity index (χ0) is 12.5. The summed E-state index contributed by atoms with van der Waals surface area (Å²) in [6.45, 7) is 1.53. The standard InChI is InChI=1S/C14H11N3O/c1-9(18)10-6-7-13(15-8-10)14-16-11-4-2-3-5-12(11)17-14/h2-8H,1H3,(H,16,17). The highest BCUT2D eigenvalue weighted by molar-refractivity contribution is 5.94. The van der Waals surface area contributed by atoms with Gasteiger partial charge in [-0.15, -0.1) is 0 Å². The minimum atomic E-state index is 0.0126. The Labute approximate surface area is 104 Å². The van der Waals surface area contributed by atoms with Crippen LogP contribution in [0.25, 0.3) is 22.6 Å². The van der Waals surface area contributed by atoms with E-state index in [0.717, 1.165) is 16.7 Å². The lowest BCUT2D eigenvalue weighted by molar-refractivity contribution is 0.101. The number of hydrogen-bond donors (Lipinski definition) is 1. The van der Waals surface area contributed by atoms with E-state index in [1.165, 1.54) is 6.92 Å². The lowest BCUT2D eigenvalue weighted by Crippen LogP contribution is -1.94. The predicted octanol–water partition coefficient (Wildman–Crippen LogP) is 2.83. The van der Waals surface area contributed by atoms with E-state index < -0.39 is 0 Å². The number of ketones is 1. The molecular formula is C14H11N3O. The Balaban J connectivity index is 2.06. The molecule has 0 spiro atoms. The van der Waals surface area contributed by atoms with Crippen LogP contribution in [0.15, 0.2) is 42.6 Å². The number of rotatable bonds is 2. The molecule has 0 aliphatic rings. The third-order valence-electron chi connectivity index (χ3n) is 2.80. The zero-order valence-corrected chi connectivity index (χ0v) is 9.84. The van der Waals surface area contributed by atoms with Crippen LogP contribution in [0.4, 0.5) is 0 Å². The van der Waals surface area contributed by atoms with Gasteiger partial charge in [0.1, 0.15) is 5.69 Å². The highest BCUT2D eigenvalue weighted by atomic mass is 16.1. The summed E-state index contributed by atoms with van der Waals surface area (Å²) in [5.41, 5.74) is 3.22. The number of nitrogens with one attached hydrogen (secondary N) is 1. The minimum absolute atomic E-state index is 0.0126. The van der Waals surface area contributed by atoms with Crippen molar-refractivity contribution in [1.29, 1.82) is 0 Å². The maximum Gasteiger partial charge on any atom is 0.161 e. The second-order valence-corrected chi connectivity index (χ2v) is 4.09. The summed E-state index contributed by atoms with van der Waals surface area (Å²) in [5.74, 6) is 0.727. The van der Waals surface area contributed by atoms with Crippen molar-refractivity contribution < 1.29 is 4.79 Å². The molecule has 1 aromatic carbocycles. The molecule has 4 nitrogen and oxygen atoms in total. The molecule has 0 saturated heterocycles. The van der Waals surface area contributed by atoms with Crippen molar-refractivity contribution in [2.24, 2.45) is 0 Å². The number of carbonyl (C=O) groups excluding carboxylic acids is 1. The number of pyridine rings is 1. The quantitative estimate of drug-likeness (QED) is 0.697. The smallest absolute Gasteiger partial charge is 0.161 e. The van der Waals surface area contributed by atoms with E-state index in [0.29, 0.717) is 11.4 Å². The van der Waals surface area contributed by atoms with Crippen molar-refractivity contribution in [3.8, 4) is 11.5 Å². The van der Waals surface area contributed by atoms with Gasteiger partial charge in [-0.3, -0.25) is 9.78 Å². The molecule has 0 bridgehead atoms. The fourth-order valence-electron chi connectivity index (χ4n) is 1.82. The molecule has 18 heavy (non-hydrogen) atoms. The maximum absolute atomic E-state index is 11.2. The van der Waals surface area contributed by atoms with Crippen LogP contribution in [0, 0.1) is 0 Å². The summed E-state index contributed by atoms with van der Waals surface area (Å²) in [6, 6.07) is 11.4. The molecule has 4 heteroatoms. The molecule has 0 aliphatic heterocycles. The first-order valence-corrected chi connectivity index (χ1v) is 5.66. The first-order chi connectivity index (χ1) is 8.74. The van der Waals surface area contributed by atoms with Crippen molar-refractivity contribution in [3.05, 3.63) is 48.2 Å². The molecule has 0 fully saturated rings. The van der Waals surface area contributed by atoms with E-state index in [2.05, 4.69) is 15.0 Å². The third-order valence-corrected chi connectivity index (χ3v) is 2.80. The SMILES string of the molecule is CC(=O)c1ccc(-c2nc3ccccc3[nH]2)nc1. The summed E-state index contributed by atoms with van der Waals surface area (Å²) in [6.07, 6.45) is 1.57. The summed E-state index contributed by atoms with van der Waals surface area (Å²) in [7, 11) is 0. The molecule has 0 amide bonds. The van der Waals surface area contributed by atoms with E-state index in [4.69, 9.17) is 0 Å². The van der Waals surface area contributed by atoms with Gasteiger partial charge in [0.15, 0.2) is 11.6 Å². The minimum Gasteiger partial charge on any atom is -0.337 e. The molecular weight excluding hydrogens is 226 g/mol. The molecule has 0 atom stereocenters.